The van der Waals surface area contributed by atoms with Crippen LogP contribution in [0.5, 0.6) is 0 Å². The van der Waals surface area contributed by atoms with Crippen LogP contribution in [0.1, 0.15) is 47.2 Å². The molecule has 0 atom stereocenters. The first kappa shape index (κ1) is 17.7. The Morgan fingerprint density at radius 3 is 2.56 bits per heavy atom. The molecule has 0 radical (unpaired) electrons. The van der Waals surface area contributed by atoms with Crippen LogP contribution in [0.4, 0.5) is 4.39 Å². The highest BCUT2D eigenvalue weighted by molar-refractivity contribution is 5.94. The van der Waals surface area contributed by atoms with Gasteiger partial charge >= 0.3 is 0 Å². The average molecular weight is 366 g/mol. The normalized spacial score (nSPS) is 16.6. The fourth-order valence-corrected chi connectivity index (χ4v) is 3.60. The van der Waals surface area contributed by atoms with Crippen molar-refractivity contribution in [2.45, 2.75) is 44.8 Å². The molecule has 0 unspecified atom stereocenters. The zero-order valence-corrected chi connectivity index (χ0v) is 15.2. The second-order valence-electron chi connectivity index (χ2n) is 7.41. The van der Waals surface area contributed by atoms with Crippen LogP contribution >= 0.6 is 0 Å². The molecule has 1 saturated carbocycles. The van der Waals surface area contributed by atoms with Crippen LogP contribution < -0.4 is 0 Å². The Morgan fingerprint density at radius 2 is 1.89 bits per heavy atom. The summed E-state index contributed by atoms with van der Waals surface area (Å²) in [6.45, 7) is 1.83. The van der Waals surface area contributed by atoms with Gasteiger partial charge in [0.1, 0.15) is 5.82 Å². The van der Waals surface area contributed by atoms with Crippen molar-refractivity contribution in [3.8, 4) is 0 Å². The van der Waals surface area contributed by atoms with Gasteiger partial charge in [0.25, 0.3) is 5.91 Å². The Morgan fingerprint density at radius 1 is 1.11 bits per heavy atom. The molecule has 2 aromatic carbocycles. The Kier molecular flexibility index (Phi) is 4.92. The summed E-state index contributed by atoms with van der Waals surface area (Å²) in [4.78, 5) is 28.7. The van der Waals surface area contributed by atoms with Crippen molar-refractivity contribution in [3.63, 3.8) is 0 Å². The quantitative estimate of drug-likeness (QED) is 0.781. The predicted octanol–water partition coefficient (Wildman–Crippen LogP) is 3.75. The first-order valence-corrected chi connectivity index (χ1v) is 9.52. The topological polar surface area (TPSA) is 40.6 Å². The van der Waals surface area contributed by atoms with Crippen LogP contribution in [-0.2, 0) is 17.9 Å². The summed E-state index contributed by atoms with van der Waals surface area (Å²) in [6.07, 6.45) is 3.54. The smallest absolute Gasteiger partial charge is 0.254 e. The minimum atomic E-state index is -0.271. The Bertz CT molecular complexity index is 846. The van der Waals surface area contributed by atoms with Crippen molar-refractivity contribution in [2.24, 2.45) is 0 Å². The Labute approximate surface area is 158 Å². The van der Waals surface area contributed by atoms with Gasteiger partial charge in [-0.15, -0.1) is 0 Å². The van der Waals surface area contributed by atoms with Crippen molar-refractivity contribution < 1.29 is 14.0 Å². The SMILES string of the molecule is O=C1CCCN1Cc1cccc(C(=O)N(Cc2ccc(F)cc2)C2CC2)c1. The van der Waals surface area contributed by atoms with Gasteiger partial charge in [-0.25, -0.2) is 4.39 Å². The summed E-state index contributed by atoms with van der Waals surface area (Å²) in [5.74, 6) is -0.0914. The third-order valence-electron chi connectivity index (χ3n) is 5.23. The van der Waals surface area contributed by atoms with Crippen LogP contribution in [0.2, 0.25) is 0 Å². The van der Waals surface area contributed by atoms with Gasteiger partial charge in [-0.3, -0.25) is 9.59 Å². The van der Waals surface area contributed by atoms with Crippen molar-refractivity contribution >= 4 is 11.8 Å². The number of halogens is 1. The number of benzene rings is 2. The maximum Gasteiger partial charge on any atom is 0.254 e. The van der Waals surface area contributed by atoms with E-state index in [4.69, 9.17) is 0 Å². The van der Waals surface area contributed by atoms with E-state index >= 15 is 0 Å². The van der Waals surface area contributed by atoms with E-state index in [1.54, 1.807) is 12.1 Å². The summed E-state index contributed by atoms with van der Waals surface area (Å²) in [5.41, 5.74) is 2.55. The van der Waals surface area contributed by atoms with Gasteiger partial charge in [0.2, 0.25) is 5.91 Å². The van der Waals surface area contributed by atoms with Gasteiger partial charge in [-0.1, -0.05) is 24.3 Å². The first-order chi connectivity index (χ1) is 13.1. The maximum absolute atomic E-state index is 13.1. The van der Waals surface area contributed by atoms with E-state index in [0.29, 0.717) is 25.1 Å². The van der Waals surface area contributed by atoms with E-state index in [-0.39, 0.29) is 23.7 Å². The van der Waals surface area contributed by atoms with Gasteiger partial charge in [-0.05, 0) is 54.7 Å². The summed E-state index contributed by atoms with van der Waals surface area (Å²) in [7, 11) is 0. The lowest BCUT2D eigenvalue weighted by Crippen LogP contribution is -2.32. The van der Waals surface area contributed by atoms with E-state index in [9.17, 15) is 14.0 Å². The first-order valence-electron chi connectivity index (χ1n) is 9.52. The van der Waals surface area contributed by atoms with E-state index in [2.05, 4.69) is 0 Å². The third kappa shape index (κ3) is 4.18. The molecule has 4 nitrogen and oxygen atoms in total. The highest BCUT2D eigenvalue weighted by atomic mass is 19.1. The molecule has 0 aromatic heterocycles. The van der Waals surface area contributed by atoms with Crippen LogP contribution in [0, 0.1) is 5.82 Å². The fourth-order valence-electron chi connectivity index (χ4n) is 3.60. The Hall–Kier alpha value is -2.69. The molecule has 2 fully saturated rings. The monoisotopic (exact) mass is 366 g/mol. The minimum Gasteiger partial charge on any atom is -0.338 e. The second kappa shape index (κ2) is 7.51. The number of nitrogens with zero attached hydrogens (tertiary/aromatic N) is 2. The highest BCUT2D eigenvalue weighted by Crippen LogP contribution is 2.30. The van der Waals surface area contributed by atoms with E-state index in [0.717, 1.165) is 36.9 Å². The molecule has 1 aliphatic heterocycles. The summed E-state index contributed by atoms with van der Waals surface area (Å²) in [6, 6.07) is 14.1. The molecule has 140 valence electrons. The number of carbonyl (C=O) groups is 2. The zero-order chi connectivity index (χ0) is 18.8. The lowest BCUT2D eigenvalue weighted by Gasteiger charge is -2.23. The molecule has 0 spiro atoms. The van der Waals surface area contributed by atoms with E-state index in [1.165, 1.54) is 12.1 Å². The second-order valence-corrected chi connectivity index (χ2v) is 7.41. The Balaban J connectivity index is 1.50. The number of carbonyl (C=O) groups excluding carboxylic acids is 2. The molecule has 5 heteroatoms. The lowest BCUT2D eigenvalue weighted by atomic mass is 10.1. The maximum atomic E-state index is 13.1. The van der Waals surface area contributed by atoms with Crippen LogP contribution in [-0.4, -0.2) is 34.2 Å². The molecule has 1 heterocycles. The van der Waals surface area contributed by atoms with Gasteiger partial charge < -0.3 is 9.80 Å². The molecule has 4 rings (SSSR count). The molecule has 2 aliphatic rings. The van der Waals surface area contributed by atoms with Crippen molar-refractivity contribution in [1.29, 1.82) is 0 Å². The number of hydrogen-bond donors (Lipinski definition) is 0. The molecule has 2 amide bonds. The summed E-state index contributed by atoms with van der Waals surface area (Å²) < 4.78 is 13.1. The molecule has 2 aromatic rings. The van der Waals surface area contributed by atoms with Gasteiger partial charge in [-0.2, -0.15) is 0 Å². The zero-order valence-electron chi connectivity index (χ0n) is 15.2. The lowest BCUT2D eigenvalue weighted by molar-refractivity contribution is -0.128. The number of rotatable bonds is 6. The highest BCUT2D eigenvalue weighted by Gasteiger charge is 2.33. The van der Waals surface area contributed by atoms with Gasteiger partial charge in [0.05, 0.1) is 0 Å². The van der Waals surface area contributed by atoms with Crippen molar-refractivity contribution in [2.75, 3.05) is 6.54 Å². The molecular formula is C22H23FN2O2. The van der Waals surface area contributed by atoms with E-state index in [1.807, 2.05) is 34.1 Å². The number of amides is 2. The standard InChI is InChI=1S/C22H23FN2O2/c23-19-8-6-16(7-9-19)15-25(20-10-11-20)22(27)18-4-1-3-17(13-18)14-24-12-2-5-21(24)26/h1,3-4,6-9,13,20H,2,5,10-12,14-15H2. The minimum absolute atomic E-state index is 0.00331. The predicted molar refractivity (Wildman–Crippen MR) is 100 cm³/mol. The van der Waals surface area contributed by atoms with Crippen molar-refractivity contribution in [3.05, 3.63) is 71.0 Å². The van der Waals surface area contributed by atoms with Gasteiger partial charge in [0.15, 0.2) is 0 Å². The molecule has 1 aliphatic carbocycles. The van der Waals surface area contributed by atoms with Gasteiger partial charge in [0, 0.05) is 37.7 Å². The van der Waals surface area contributed by atoms with Crippen LogP contribution in [0.25, 0.3) is 0 Å². The fraction of sp³-hybridized carbons (Fsp3) is 0.364. The number of likely N-dealkylation sites (tertiary alicyclic amines) is 1. The molecule has 0 bridgehead atoms. The summed E-state index contributed by atoms with van der Waals surface area (Å²) >= 11 is 0. The third-order valence-corrected chi connectivity index (χ3v) is 5.23. The molecule has 27 heavy (non-hydrogen) atoms. The summed E-state index contributed by atoms with van der Waals surface area (Å²) in [5, 5.41) is 0. The molecule has 0 N–H and O–H groups in total. The van der Waals surface area contributed by atoms with Crippen LogP contribution in [0.15, 0.2) is 48.5 Å². The molecular weight excluding hydrogens is 343 g/mol. The largest absolute Gasteiger partial charge is 0.338 e. The van der Waals surface area contributed by atoms with E-state index < -0.39 is 0 Å². The average Bonchev–Trinajstić information content (AvgIpc) is 3.44. The molecule has 1 saturated heterocycles. The van der Waals surface area contributed by atoms with Crippen molar-refractivity contribution in [1.82, 2.24) is 9.80 Å². The number of hydrogen-bond acceptors (Lipinski definition) is 2. The van der Waals surface area contributed by atoms with Crippen LogP contribution in [0.3, 0.4) is 0 Å².